The van der Waals surface area contributed by atoms with Gasteiger partial charge in [0.2, 0.25) is 0 Å². The smallest absolute Gasteiger partial charge is 0.254 e. The van der Waals surface area contributed by atoms with Crippen molar-refractivity contribution in [1.82, 2.24) is 4.90 Å². The van der Waals surface area contributed by atoms with E-state index in [-0.39, 0.29) is 11.5 Å². The molecule has 1 aliphatic rings. The summed E-state index contributed by atoms with van der Waals surface area (Å²) < 4.78 is 26.3. The van der Waals surface area contributed by atoms with Crippen LogP contribution in [0.3, 0.4) is 0 Å². The minimum Gasteiger partial charge on any atom is -0.367 e. The minimum atomic E-state index is -1.03. The van der Waals surface area contributed by atoms with Gasteiger partial charge in [-0.05, 0) is 30.3 Å². The summed E-state index contributed by atoms with van der Waals surface area (Å²) in [6, 6.07) is 12.7. The monoisotopic (exact) mass is 327 g/mol. The highest BCUT2D eigenvalue weighted by atomic mass is 19.2. The van der Waals surface area contributed by atoms with Crippen molar-refractivity contribution in [1.29, 1.82) is 5.26 Å². The Morgan fingerprint density at radius 2 is 1.71 bits per heavy atom. The second kappa shape index (κ2) is 6.67. The molecule has 1 aliphatic heterocycles. The Labute approximate surface area is 138 Å². The Bertz CT molecular complexity index is 808. The van der Waals surface area contributed by atoms with Crippen molar-refractivity contribution >= 4 is 11.6 Å². The highest BCUT2D eigenvalue weighted by molar-refractivity contribution is 5.94. The van der Waals surface area contributed by atoms with Crippen LogP contribution in [0.4, 0.5) is 14.5 Å². The first kappa shape index (κ1) is 15.9. The van der Waals surface area contributed by atoms with Crippen LogP contribution in [0.2, 0.25) is 0 Å². The zero-order chi connectivity index (χ0) is 17.1. The third kappa shape index (κ3) is 3.06. The minimum absolute atomic E-state index is 0.139. The number of rotatable bonds is 2. The Hall–Kier alpha value is -2.94. The fourth-order valence-corrected chi connectivity index (χ4v) is 2.81. The van der Waals surface area contributed by atoms with E-state index in [0.29, 0.717) is 31.7 Å². The van der Waals surface area contributed by atoms with Gasteiger partial charge in [0.15, 0.2) is 11.6 Å². The van der Waals surface area contributed by atoms with E-state index in [2.05, 4.69) is 6.07 Å². The van der Waals surface area contributed by atoms with Crippen molar-refractivity contribution < 1.29 is 13.6 Å². The van der Waals surface area contributed by atoms with Crippen LogP contribution in [0.15, 0.2) is 42.5 Å². The number of anilines is 1. The molecule has 122 valence electrons. The summed E-state index contributed by atoms with van der Waals surface area (Å²) >= 11 is 0. The Kier molecular flexibility index (Phi) is 4.43. The maximum atomic E-state index is 13.3. The lowest BCUT2D eigenvalue weighted by atomic mass is 10.1. The second-order valence-electron chi connectivity index (χ2n) is 5.54. The van der Waals surface area contributed by atoms with Crippen LogP contribution in [0.25, 0.3) is 0 Å². The highest BCUT2D eigenvalue weighted by Crippen LogP contribution is 2.21. The van der Waals surface area contributed by atoms with Crippen LogP contribution >= 0.6 is 0 Å². The van der Waals surface area contributed by atoms with Crippen LogP contribution in [0.5, 0.6) is 0 Å². The normalized spacial score (nSPS) is 14.4. The Morgan fingerprint density at radius 1 is 1.00 bits per heavy atom. The van der Waals surface area contributed by atoms with Gasteiger partial charge in [0, 0.05) is 31.7 Å². The maximum absolute atomic E-state index is 13.3. The van der Waals surface area contributed by atoms with Crippen molar-refractivity contribution in [3.63, 3.8) is 0 Å². The molecule has 4 nitrogen and oxygen atoms in total. The summed E-state index contributed by atoms with van der Waals surface area (Å²) in [5.74, 6) is -2.31. The maximum Gasteiger partial charge on any atom is 0.254 e. The number of benzene rings is 2. The summed E-state index contributed by atoms with van der Waals surface area (Å²) in [6.07, 6.45) is 0. The van der Waals surface area contributed by atoms with Gasteiger partial charge in [-0.15, -0.1) is 0 Å². The molecule has 0 atom stereocenters. The van der Waals surface area contributed by atoms with Gasteiger partial charge in [-0.25, -0.2) is 8.78 Å². The van der Waals surface area contributed by atoms with Crippen molar-refractivity contribution in [3.05, 3.63) is 65.2 Å². The number of hydrogen-bond donors (Lipinski definition) is 0. The van der Waals surface area contributed by atoms with E-state index in [1.807, 2.05) is 23.1 Å². The summed E-state index contributed by atoms with van der Waals surface area (Å²) in [6.45, 7) is 2.07. The first-order chi connectivity index (χ1) is 11.6. The van der Waals surface area contributed by atoms with Gasteiger partial charge in [0.25, 0.3) is 5.91 Å². The molecule has 2 aromatic rings. The van der Waals surface area contributed by atoms with E-state index in [4.69, 9.17) is 0 Å². The predicted molar refractivity (Wildman–Crippen MR) is 85.6 cm³/mol. The van der Waals surface area contributed by atoms with Gasteiger partial charge in [-0.1, -0.05) is 12.1 Å². The second-order valence-corrected chi connectivity index (χ2v) is 5.54. The van der Waals surface area contributed by atoms with Gasteiger partial charge in [0.05, 0.1) is 11.3 Å². The Morgan fingerprint density at radius 3 is 2.38 bits per heavy atom. The zero-order valence-corrected chi connectivity index (χ0v) is 12.9. The summed E-state index contributed by atoms with van der Waals surface area (Å²) in [7, 11) is 0. The van der Waals surface area contributed by atoms with Crippen molar-refractivity contribution in [3.8, 4) is 6.07 Å². The van der Waals surface area contributed by atoms with Crippen LogP contribution in [-0.4, -0.2) is 37.0 Å². The number of halogens is 2. The van der Waals surface area contributed by atoms with E-state index >= 15 is 0 Å². The number of piperazine rings is 1. The molecule has 6 heteroatoms. The average molecular weight is 327 g/mol. The third-order valence-electron chi connectivity index (χ3n) is 4.10. The molecule has 0 unspecified atom stereocenters. The molecular weight excluding hydrogens is 312 g/mol. The lowest BCUT2D eigenvalue weighted by molar-refractivity contribution is 0.0746. The molecule has 1 fully saturated rings. The lowest BCUT2D eigenvalue weighted by Gasteiger charge is -2.36. The molecule has 24 heavy (non-hydrogen) atoms. The number of amides is 1. The summed E-state index contributed by atoms with van der Waals surface area (Å²) in [4.78, 5) is 16.1. The number of para-hydroxylation sites is 1. The number of nitrogens with zero attached hydrogens (tertiary/aromatic N) is 3. The van der Waals surface area contributed by atoms with Crippen LogP contribution < -0.4 is 4.90 Å². The fraction of sp³-hybridized carbons (Fsp3) is 0.222. The molecule has 0 bridgehead atoms. The standard InChI is InChI=1S/C18H15F2N3O/c19-15-6-5-13(11-16(15)20)18(24)23-9-7-22(8-10-23)17-4-2-1-3-14(17)12-21/h1-6,11H,7-10H2. The van der Waals surface area contributed by atoms with E-state index in [1.165, 1.54) is 6.07 Å². The van der Waals surface area contributed by atoms with E-state index in [1.54, 1.807) is 11.0 Å². The Balaban J connectivity index is 1.69. The number of hydrogen-bond acceptors (Lipinski definition) is 3. The molecule has 1 saturated heterocycles. The molecule has 0 aliphatic carbocycles. The molecule has 0 saturated carbocycles. The zero-order valence-electron chi connectivity index (χ0n) is 12.9. The van der Waals surface area contributed by atoms with Crippen LogP contribution in [-0.2, 0) is 0 Å². The van der Waals surface area contributed by atoms with Crippen LogP contribution in [0.1, 0.15) is 15.9 Å². The third-order valence-corrected chi connectivity index (χ3v) is 4.10. The van der Waals surface area contributed by atoms with Gasteiger partial charge in [-0.3, -0.25) is 4.79 Å². The van der Waals surface area contributed by atoms with E-state index in [0.717, 1.165) is 17.8 Å². The van der Waals surface area contributed by atoms with Gasteiger partial charge >= 0.3 is 0 Å². The molecule has 0 aromatic heterocycles. The molecule has 0 N–H and O–H groups in total. The molecule has 2 aromatic carbocycles. The molecule has 1 heterocycles. The first-order valence-corrected chi connectivity index (χ1v) is 7.58. The molecular formula is C18H15F2N3O. The van der Waals surface area contributed by atoms with Crippen LogP contribution in [0, 0.1) is 23.0 Å². The van der Waals surface area contributed by atoms with Gasteiger partial charge in [0.1, 0.15) is 6.07 Å². The van der Waals surface area contributed by atoms with Crippen molar-refractivity contribution in [2.75, 3.05) is 31.1 Å². The highest BCUT2D eigenvalue weighted by Gasteiger charge is 2.24. The predicted octanol–water partition coefficient (Wildman–Crippen LogP) is 2.80. The van der Waals surface area contributed by atoms with E-state index in [9.17, 15) is 18.8 Å². The quantitative estimate of drug-likeness (QED) is 0.852. The van der Waals surface area contributed by atoms with Gasteiger partial charge < -0.3 is 9.80 Å². The molecule has 1 amide bonds. The van der Waals surface area contributed by atoms with E-state index < -0.39 is 11.6 Å². The number of carbonyl (C=O) groups excluding carboxylic acids is 1. The number of nitriles is 1. The fourth-order valence-electron chi connectivity index (χ4n) is 2.81. The number of carbonyl (C=O) groups is 1. The molecule has 0 spiro atoms. The van der Waals surface area contributed by atoms with Gasteiger partial charge in [-0.2, -0.15) is 5.26 Å². The average Bonchev–Trinajstić information content (AvgIpc) is 2.63. The molecule has 3 rings (SSSR count). The molecule has 0 radical (unpaired) electrons. The summed E-state index contributed by atoms with van der Waals surface area (Å²) in [5, 5.41) is 9.18. The van der Waals surface area contributed by atoms with Crippen molar-refractivity contribution in [2.45, 2.75) is 0 Å². The SMILES string of the molecule is N#Cc1ccccc1N1CCN(C(=O)c2ccc(F)c(F)c2)CC1. The lowest BCUT2D eigenvalue weighted by Crippen LogP contribution is -2.49. The first-order valence-electron chi connectivity index (χ1n) is 7.58. The van der Waals surface area contributed by atoms with Crippen molar-refractivity contribution in [2.24, 2.45) is 0 Å². The summed E-state index contributed by atoms with van der Waals surface area (Å²) in [5.41, 5.74) is 1.58. The topological polar surface area (TPSA) is 47.3 Å². The largest absolute Gasteiger partial charge is 0.367 e.